The van der Waals surface area contributed by atoms with E-state index in [1.165, 1.54) is 0 Å². The Bertz CT molecular complexity index is 389. The second-order valence-electron chi connectivity index (χ2n) is 4.32. The van der Waals surface area contributed by atoms with E-state index in [0.29, 0.717) is 18.1 Å². The van der Waals surface area contributed by atoms with Gasteiger partial charge < -0.3 is 19.3 Å². The van der Waals surface area contributed by atoms with Gasteiger partial charge in [0.25, 0.3) is 6.43 Å². The molecule has 1 aromatic heterocycles. The first kappa shape index (κ1) is 14.3. The SMILES string of the molecule is COC1CNC(c2nc(CCOCC(F)F)no2)C1. The van der Waals surface area contributed by atoms with Gasteiger partial charge in [0.2, 0.25) is 5.89 Å². The van der Waals surface area contributed by atoms with Crippen molar-refractivity contribution in [3.8, 4) is 0 Å². The standard InChI is InChI=1S/C11H17F2N3O3/c1-17-7-4-8(14-5-7)11-15-10(16-19-11)2-3-18-6-9(12)13/h7-9,14H,2-6H2,1H3. The van der Waals surface area contributed by atoms with Gasteiger partial charge in [-0.1, -0.05) is 5.16 Å². The fraction of sp³-hybridized carbons (Fsp3) is 0.818. The quantitative estimate of drug-likeness (QED) is 0.748. The van der Waals surface area contributed by atoms with Crippen molar-refractivity contribution >= 4 is 0 Å². The van der Waals surface area contributed by atoms with Gasteiger partial charge >= 0.3 is 0 Å². The third-order valence-electron chi connectivity index (χ3n) is 2.92. The van der Waals surface area contributed by atoms with Gasteiger partial charge in [-0.3, -0.25) is 0 Å². The van der Waals surface area contributed by atoms with E-state index in [2.05, 4.69) is 15.5 Å². The highest BCUT2D eigenvalue weighted by Crippen LogP contribution is 2.23. The Balaban J connectivity index is 1.76. The molecule has 0 bridgehead atoms. The summed E-state index contributed by atoms with van der Waals surface area (Å²) in [4.78, 5) is 4.21. The smallest absolute Gasteiger partial charge is 0.261 e. The van der Waals surface area contributed by atoms with Gasteiger partial charge in [-0.15, -0.1) is 0 Å². The number of methoxy groups -OCH3 is 1. The van der Waals surface area contributed by atoms with E-state index in [-0.39, 0.29) is 18.8 Å². The van der Waals surface area contributed by atoms with Crippen LogP contribution in [-0.4, -0.2) is 49.5 Å². The van der Waals surface area contributed by atoms with Gasteiger partial charge in [-0.2, -0.15) is 4.98 Å². The van der Waals surface area contributed by atoms with Crippen LogP contribution in [0.1, 0.15) is 24.2 Å². The minimum absolute atomic E-state index is 0.00631. The molecule has 6 nitrogen and oxygen atoms in total. The maximum absolute atomic E-state index is 11.8. The highest BCUT2D eigenvalue weighted by molar-refractivity contribution is 4.97. The van der Waals surface area contributed by atoms with Crippen molar-refractivity contribution in [2.24, 2.45) is 0 Å². The molecular formula is C11H17F2N3O3. The molecule has 1 aromatic rings. The van der Waals surface area contributed by atoms with Crippen molar-refractivity contribution < 1.29 is 22.8 Å². The summed E-state index contributed by atoms with van der Waals surface area (Å²) in [6, 6.07) is -0.00631. The van der Waals surface area contributed by atoms with Gasteiger partial charge in [-0.25, -0.2) is 8.78 Å². The van der Waals surface area contributed by atoms with Gasteiger partial charge in [0, 0.05) is 20.1 Å². The van der Waals surface area contributed by atoms with Gasteiger partial charge in [0.15, 0.2) is 5.82 Å². The molecule has 0 saturated carbocycles. The van der Waals surface area contributed by atoms with Crippen LogP contribution in [0.3, 0.4) is 0 Å². The summed E-state index contributed by atoms with van der Waals surface area (Å²) in [6.07, 6.45) is -1.17. The molecule has 1 saturated heterocycles. The zero-order valence-electron chi connectivity index (χ0n) is 10.6. The van der Waals surface area contributed by atoms with E-state index >= 15 is 0 Å². The molecule has 19 heavy (non-hydrogen) atoms. The largest absolute Gasteiger partial charge is 0.380 e. The minimum atomic E-state index is -2.45. The lowest BCUT2D eigenvalue weighted by molar-refractivity contribution is 0.0182. The first-order chi connectivity index (χ1) is 9.19. The number of halogens is 2. The van der Waals surface area contributed by atoms with E-state index in [9.17, 15) is 8.78 Å². The molecule has 0 amide bonds. The van der Waals surface area contributed by atoms with E-state index < -0.39 is 13.0 Å². The summed E-state index contributed by atoms with van der Waals surface area (Å²) in [5.41, 5.74) is 0. The van der Waals surface area contributed by atoms with Crippen molar-refractivity contribution in [1.82, 2.24) is 15.5 Å². The number of rotatable bonds is 7. The van der Waals surface area contributed by atoms with Crippen molar-refractivity contribution in [2.75, 3.05) is 26.9 Å². The number of alkyl halides is 2. The molecule has 0 spiro atoms. The number of aromatic nitrogens is 2. The Morgan fingerprint density at radius 2 is 2.37 bits per heavy atom. The van der Waals surface area contributed by atoms with Gasteiger partial charge in [-0.05, 0) is 6.42 Å². The summed E-state index contributed by atoms with van der Waals surface area (Å²) >= 11 is 0. The second-order valence-corrected chi connectivity index (χ2v) is 4.32. The van der Waals surface area contributed by atoms with Crippen molar-refractivity contribution in [3.05, 3.63) is 11.7 Å². The number of hydrogen-bond donors (Lipinski definition) is 1. The highest BCUT2D eigenvalue weighted by Gasteiger charge is 2.29. The monoisotopic (exact) mass is 277 g/mol. The average Bonchev–Trinajstić information content (AvgIpc) is 3.02. The fourth-order valence-corrected chi connectivity index (χ4v) is 1.92. The van der Waals surface area contributed by atoms with Crippen molar-refractivity contribution in [2.45, 2.75) is 31.4 Å². The molecule has 0 radical (unpaired) electrons. The van der Waals surface area contributed by atoms with Crippen LogP contribution in [-0.2, 0) is 15.9 Å². The van der Waals surface area contributed by atoms with Gasteiger partial charge in [0.05, 0.1) is 18.8 Å². The molecule has 0 aliphatic carbocycles. The lowest BCUT2D eigenvalue weighted by atomic mass is 10.2. The Labute approximate surface area is 109 Å². The van der Waals surface area contributed by atoms with E-state index in [1.807, 2.05) is 0 Å². The highest BCUT2D eigenvalue weighted by atomic mass is 19.3. The zero-order valence-corrected chi connectivity index (χ0v) is 10.6. The topological polar surface area (TPSA) is 69.4 Å². The van der Waals surface area contributed by atoms with Crippen LogP contribution in [0.2, 0.25) is 0 Å². The summed E-state index contributed by atoms with van der Waals surface area (Å²) < 4.78 is 38.8. The van der Waals surface area contributed by atoms with Gasteiger partial charge in [0.1, 0.15) is 6.61 Å². The third-order valence-corrected chi connectivity index (χ3v) is 2.92. The molecule has 2 rings (SSSR count). The summed E-state index contributed by atoms with van der Waals surface area (Å²) in [5.74, 6) is 0.968. The Morgan fingerprint density at radius 3 is 3.05 bits per heavy atom. The van der Waals surface area contributed by atoms with Crippen LogP contribution in [0.25, 0.3) is 0 Å². The number of nitrogens with one attached hydrogen (secondary N) is 1. The predicted octanol–water partition coefficient (Wildman–Crippen LogP) is 0.943. The van der Waals surface area contributed by atoms with Crippen LogP contribution in [0.15, 0.2) is 4.52 Å². The van der Waals surface area contributed by atoms with Crippen molar-refractivity contribution in [1.29, 1.82) is 0 Å². The zero-order chi connectivity index (χ0) is 13.7. The maximum atomic E-state index is 11.8. The van der Waals surface area contributed by atoms with Crippen LogP contribution in [0, 0.1) is 0 Å². The Kier molecular flexibility index (Phi) is 5.17. The molecule has 8 heteroatoms. The fourth-order valence-electron chi connectivity index (χ4n) is 1.92. The lowest BCUT2D eigenvalue weighted by Crippen LogP contribution is -2.16. The Hall–Kier alpha value is -1.12. The van der Waals surface area contributed by atoms with Crippen LogP contribution in [0.5, 0.6) is 0 Å². The normalized spacial score (nSPS) is 23.4. The molecule has 2 unspecified atom stereocenters. The number of nitrogens with zero attached hydrogens (tertiary/aromatic N) is 2. The van der Waals surface area contributed by atoms with Crippen LogP contribution in [0.4, 0.5) is 8.78 Å². The number of ether oxygens (including phenoxy) is 2. The molecule has 108 valence electrons. The van der Waals surface area contributed by atoms with E-state index in [1.54, 1.807) is 7.11 Å². The molecule has 2 atom stereocenters. The lowest BCUT2D eigenvalue weighted by Gasteiger charge is -2.04. The molecule has 1 aliphatic rings. The van der Waals surface area contributed by atoms with Crippen LogP contribution < -0.4 is 5.32 Å². The maximum Gasteiger partial charge on any atom is 0.261 e. The average molecular weight is 277 g/mol. The molecule has 1 fully saturated rings. The molecular weight excluding hydrogens is 260 g/mol. The Morgan fingerprint density at radius 1 is 1.53 bits per heavy atom. The van der Waals surface area contributed by atoms with Crippen molar-refractivity contribution in [3.63, 3.8) is 0 Å². The third kappa shape index (κ3) is 4.19. The molecule has 1 N–H and O–H groups in total. The first-order valence-corrected chi connectivity index (χ1v) is 6.13. The molecule has 0 aromatic carbocycles. The van der Waals surface area contributed by atoms with E-state index in [4.69, 9.17) is 14.0 Å². The minimum Gasteiger partial charge on any atom is -0.380 e. The second kappa shape index (κ2) is 6.88. The number of hydrogen-bond acceptors (Lipinski definition) is 6. The first-order valence-electron chi connectivity index (χ1n) is 6.13. The molecule has 1 aliphatic heterocycles. The summed E-state index contributed by atoms with van der Waals surface area (Å²) in [6.45, 7) is 0.336. The summed E-state index contributed by atoms with van der Waals surface area (Å²) in [7, 11) is 1.66. The van der Waals surface area contributed by atoms with Crippen LogP contribution >= 0.6 is 0 Å². The predicted molar refractivity (Wildman–Crippen MR) is 61.0 cm³/mol. The molecule has 2 heterocycles. The van der Waals surface area contributed by atoms with E-state index in [0.717, 1.165) is 13.0 Å². The summed E-state index contributed by atoms with van der Waals surface area (Å²) in [5, 5.41) is 7.01.